The van der Waals surface area contributed by atoms with Gasteiger partial charge in [0.25, 0.3) is 0 Å². The third-order valence-electron chi connectivity index (χ3n) is 5.80. The van der Waals surface area contributed by atoms with Gasteiger partial charge >= 0.3 is 0 Å². The van der Waals surface area contributed by atoms with Crippen molar-refractivity contribution in [2.75, 3.05) is 26.2 Å². The van der Waals surface area contributed by atoms with Gasteiger partial charge in [-0.1, -0.05) is 31.2 Å². The number of nitrogens with zero attached hydrogens (tertiary/aromatic N) is 1. The second-order valence-electron chi connectivity index (χ2n) is 7.08. The summed E-state index contributed by atoms with van der Waals surface area (Å²) in [5, 5.41) is 10.3. The zero-order valence-corrected chi connectivity index (χ0v) is 16.7. The van der Waals surface area contributed by atoms with Crippen LogP contribution in [0.15, 0.2) is 24.3 Å². The first-order valence-electron chi connectivity index (χ1n) is 8.98. The molecule has 3 N–H and O–H groups in total. The van der Waals surface area contributed by atoms with Crippen LogP contribution in [-0.2, 0) is 17.7 Å². The SMILES string of the molecule is CCc1ccc(CN2CCC3(CC2)[C@H](O)C[C@@H]3OCCN)cc1.Cl.Cl. The number of aryl methyl sites for hydroxylation is 1. The predicted octanol–water partition coefficient (Wildman–Crippen LogP) is 2.78. The fourth-order valence-corrected chi connectivity index (χ4v) is 4.09. The van der Waals surface area contributed by atoms with Crippen molar-refractivity contribution in [3.8, 4) is 0 Å². The topological polar surface area (TPSA) is 58.7 Å². The number of halogens is 2. The van der Waals surface area contributed by atoms with Crippen molar-refractivity contribution in [1.82, 2.24) is 4.90 Å². The summed E-state index contributed by atoms with van der Waals surface area (Å²) in [4.78, 5) is 2.50. The molecule has 144 valence electrons. The largest absolute Gasteiger partial charge is 0.392 e. The number of nitrogens with two attached hydrogens (primary N) is 1. The molecule has 1 heterocycles. The molecule has 6 heteroatoms. The van der Waals surface area contributed by atoms with Crippen LogP contribution in [0.1, 0.15) is 37.3 Å². The number of aliphatic hydroxyl groups is 1. The van der Waals surface area contributed by atoms with Gasteiger partial charge in [-0.25, -0.2) is 0 Å². The van der Waals surface area contributed by atoms with Gasteiger partial charge < -0.3 is 15.6 Å². The molecule has 1 aliphatic carbocycles. The molecule has 2 aliphatic rings. The summed E-state index contributed by atoms with van der Waals surface area (Å²) in [5.41, 5.74) is 8.30. The van der Waals surface area contributed by atoms with Gasteiger partial charge in [-0.15, -0.1) is 24.8 Å². The summed E-state index contributed by atoms with van der Waals surface area (Å²) in [7, 11) is 0. The van der Waals surface area contributed by atoms with Crippen molar-refractivity contribution in [3.63, 3.8) is 0 Å². The van der Waals surface area contributed by atoms with Crippen LogP contribution in [0.3, 0.4) is 0 Å². The Hall–Kier alpha value is -0.360. The summed E-state index contributed by atoms with van der Waals surface area (Å²) >= 11 is 0. The number of hydrogen-bond donors (Lipinski definition) is 2. The molecule has 1 saturated carbocycles. The molecule has 25 heavy (non-hydrogen) atoms. The standard InChI is InChI=1S/C19H30N2O2.2ClH/c1-2-15-3-5-16(6-4-15)14-21-10-7-19(8-11-21)17(22)13-18(19)23-12-9-20;;/h3-6,17-18,22H,2,7-14,20H2,1H3;2*1H/t17-,18+;;/m1../s1. The smallest absolute Gasteiger partial charge is 0.0682 e. The van der Waals surface area contributed by atoms with Crippen molar-refractivity contribution < 1.29 is 9.84 Å². The molecular formula is C19H32Cl2N2O2. The molecule has 1 aromatic rings. The van der Waals surface area contributed by atoms with E-state index in [2.05, 4.69) is 36.1 Å². The average Bonchev–Trinajstić information content (AvgIpc) is 2.60. The maximum absolute atomic E-state index is 10.3. The quantitative estimate of drug-likeness (QED) is 0.783. The number of ether oxygens (including phenoxy) is 1. The van der Waals surface area contributed by atoms with E-state index < -0.39 is 0 Å². The highest BCUT2D eigenvalue weighted by Crippen LogP contribution is 2.51. The minimum Gasteiger partial charge on any atom is -0.392 e. The van der Waals surface area contributed by atoms with Gasteiger partial charge in [-0.05, 0) is 43.5 Å². The molecule has 3 rings (SSSR count). The van der Waals surface area contributed by atoms with Gasteiger partial charge in [0.2, 0.25) is 0 Å². The van der Waals surface area contributed by atoms with Gasteiger partial charge in [0, 0.05) is 24.9 Å². The Labute approximate surface area is 163 Å². The van der Waals surface area contributed by atoms with E-state index in [0.717, 1.165) is 45.3 Å². The maximum atomic E-state index is 10.3. The number of rotatable bonds is 6. The Kier molecular flexibility index (Phi) is 9.16. The lowest BCUT2D eigenvalue weighted by molar-refractivity contribution is -0.210. The highest BCUT2D eigenvalue weighted by molar-refractivity contribution is 5.85. The molecule has 1 aromatic carbocycles. The van der Waals surface area contributed by atoms with E-state index in [-0.39, 0.29) is 42.4 Å². The number of aliphatic hydroxyl groups excluding tert-OH is 1. The molecule has 0 unspecified atom stereocenters. The number of piperidine rings is 1. The second kappa shape index (κ2) is 10.1. The fourth-order valence-electron chi connectivity index (χ4n) is 4.09. The maximum Gasteiger partial charge on any atom is 0.0682 e. The summed E-state index contributed by atoms with van der Waals surface area (Å²) < 4.78 is 5.87. The summed E-state index contributed by atoms with van der Waals surface area (Å²) in [6, 6.07) is 8.95. The summed E-state index contributed by atoms with van der Waals surface area (Å²) in [5.74, 6) is 0. The molecule has 2 atom stereocenters. The van der Waals surface area contributed by atoms with Crippen LogP contribution < -0.4 is 5.73 Å². The van der Waals surface area contributed by atoms with Crippen molar-refractivity contribution in [2.45, 2.75) is 51.4 Å². The first-order chi connectivity index (χ1) is 11.2. The van der Waals surface area contributed by atoms with Crippen LogP contribution >= 0.6 is 24.8 Å². The van der Waals surface area contributed by atoms with Gasteiger partial charge in [-0.2, -0.15) is 0 Å². The van der Waals surface area contributed by atoms with Crippen LogP contribution in [0.2, 0.25) is 0 Å². The normalized spacial score (nSPS) is 24.9. The van der Waals surface area contributed by atoms with Crippen LogP contribution in [-0.4, -0.2) is 48.5 Å². The van der Waals surface area contributed by atoms with Gasteiger partial charge in [-0.3, -0.25) is 4.90 Å². The first-order valence-corrected chi connectivity index (χ1v) is 8.98. The van der Waals surface area contributed by atoms with Crippen LogP contribution in [0.4, 0.5) is 0 Å². The van der Waals surface area contributed by atoms with E-state index in [1.54, 1.807) is 0 Å². The monoisotopic (exact) mass is 390 g/mol. The molecule has 1 aliphatic heterocycles. The Morgan fingerprint density at radius 2 is 1.76 bits per heavy atom. The van der Waals surface area contributed by atoms with Gasteiger partial charge in [0.15, 0.2) is 0 Å². The fraction of sp³-hybridized carbons (Fsp3) is 0.684. The lowest BCUT2D eigenvalue weighted by Gasteiger charge is -2.56. The highest BCUT2D eigenvalue weighted by atomic mass is 35.5. The zero-order chi connectivity index (χ0) is 16.3. The van der Waals surface area contributed by atoms with E-state index in [1.807, 2.05) is 0 Å². The number of likely N-dealkylation sites (tertiary alicyclic amines) is 1. The Morgan fingerprint density at radius 3 is 2.28 bits per heavy atom. The van der Waals surface area contributed by atoms with Crippen LogP contribution in [0, 0.1) is 5.41 Å². The van der Waals surface area contributed by atoms with E-state index in [1.165, 1.54) is 11.1 Å². The Balaban J connectivity index is 0.00000156. The predicted molar refractivity (Wildman–Crippen MR) is 107 cm³/mol. The molecule has 0 bridgehead atoms. The third-order valence-corrected chi connectivity index (χ3v) is 5.80. The van der Waals surface area contributed by atoms with Crippen molar-refractivity contribution in [2.24, 2.45) is 11.1 Å². The Bertz CT molecular complexity index is 505. The van der Waals surface area contributed by atoms with E-state index in [0.29, 0.717) is 13.2 Å². The van der Waals surface area contributed by atoms with Gasteiger partial charge in [0.1, 0.15) is 0 Å². The molecule has 0 aromatic heterocycles. The van der Waals surface area contributed by atoms with Crippen molar-refractivity contribution in [3.05, 3.63) is 35.4 Å². The van der Waals surface area contributed by atoms with Crippen molar-refractivity contribution >= 4 is 24.8 Å². The minimum atomic E-state index is -0.198. The highest BCUT2D eigenvalue weighted by Gasteiger charge is 2.55. The molecule has 4 nitrogen and oxygen atoms in total. The number of benzene rings is 1. The Morgan fingerprint density at radius 1 is 1.16 bits per heavy atom. The zero-order valence-electron chi connectivity index (χ0n) is 15.0. The lowest BCUT2D eigenvalue weighted by Crippen LogP contribution is -2.62. The van der Waals surface area contributed by atoms with Crippen molar-refractivity contribution in [1.29, 1.82) is 0 Å². The minimum absolute atomic E-state index is 0. The summed E-state index contributed by atoms with van der Waals surface area (Å²) in [6.07, 6.45) is 3.92. The van der Waals surface area contributed by atoms with Crippen LogP contribution in [0.5, 0.6) is 0 Å². The lowest BCUT2D eigenvalue weighted by atomic mass is 9.58. The molecule has 1 spiro atoms. The second-order valence-corrected chi connectivity index (χ2v) is 7.08. The third kappa shape index (κ3) is 4.88. The van der Waals surface area contributed by atoms with Gasteiger partial charge in [0.05, 0.1) is 18.8 Å². The van der Waals surface area contributed by atoms with E-state index >= 15 is 0 Å². The summed E-state index contributed by atoms with van der Waals surface area (Å²) in [6.45, 7) is 6.43. The molecule has 2 fully saturated rings. The average molecular weight is 391 g/mol. The number of hydrogen-bond acceptors (Lipinski definition) is 4. The molecule has 0 amide bonds. The first kappa shape index (κ1) is 22.7. The molecule has 1 saturated heterocycles. The van der Waals surface area contributed by atoms with Crippen LogP contribution in [0.25, 0.3) is 0 Å². The van der Waals surface area contributed by atoms with E-state index in [9.17, 15) is 5.11 Å². The van der Waals surface area contributed by atoms with E-state index in [4.69, 9.17) is 10.5 Å². The molecular weight excluding hydrogens is 359 g/mol. The molecule has 0 radical (unpaired) electrons.